The summed E-state index contributed by atoms with van der Waals surface area (Å²) >= 11 is 0. The van der Waals surface area contributed by atoms with Crippen LogP contribution in [0.5, 0.6) is 0 Å². The third kappa shape index (κ3) is 5.25. The van der Waals surface area contributed by atoms with Crippen LogP contribution in [0.3, 0.4) is 0 Å². The highest BCUT2D eigenvalue weighted by molar-refractivity contribution is 5.86. The maximum Gasteiger partial charge on any atom is 0.416 e. The Morgan fingerprint density at radius 1 is 1.00 bits per heavy atom. The predicted molar refractivity (Wildman–Crippen MR) is 141 cm³/mol. The molecule has 1 aliphatic heterocycles. The molecule has 4 heterocycles. The molecular formula is C30H26F3N5O. The number of piperidine rings is 1. The lowest BCUT2D eigenvalue weighted by molar-refractivity contribution is -0.137. The first-order valence-corrected chi connectivity index (χ1v) is 13.0. The fraction of sp³-hybridized carbons (Fsp3) is 0.300. The molecule has 3 aromatic heterocycles. The molecule has 9 heteroatoms. The van der Waals surface area contributed by atoms with Crippen LogP contribution in [0, 0.1) is 18.8 Å². The molecule has 0 atom stereocenters. The molecule has 0 spiro atoms. The molecule has 1 fully saturated rings. The van der Waals surface area contributed by atoms with Crippen molar-refractivity contribution in [2.75, 3.05) is 13.1 Å². The summed E-state index contributed by atoms with van der Waals surface area (Å²) in [6, 6.07) is 11.8. The summed E-state index contributed by atoms with van der Waals surface area (Å²) in [4.78, 5) is 6.54. The van der Waals surface area contributed by atoms with Gasteiger partial charge >= 0.3 is 6.18 Å². The first-order valence-electron chi connectivity index (χ1n) is 13.0. The van der Waals surface area contributed by atoms with Crippen molar-refractivity contribution in [3.63, 3.8) is 0 Å². The van der Waals surface area contributed by atoms with Crippen LogP contribution in [0.2, 0.25) is 0 Å². The van der Waals surface area contributed by atoms with Gasteiger partial charge in [0.25, 0.3) is 0 Å². The Labute approximate surface area is 223 Å². The van der Waals surface area contributed by atoms with E-state index in [1.54, 1.807) is 16.9 Å². The van der Waals surface area contributed by atoms with E-state index in [1.165, 1.54) is 18.6 Å². The average molecular weight is 530 g/mol. The first kappa shape index (κ1) is 25.1. The van der Waals surface area contributed by atoms with E-state index in [2.05, 4.69) is 32.0 Å². The Kier molecular flexibility index (Phi) is 6.57. The lowest BCUT2D eigenvalue weighted by Gasteiger charge is -2.27. The molecule has 5 aromatic rings. The molecule has 0 saturated carbocycles. The standard InChI is InChI=1S/C30H26F3N5O/c1-20-7-9-26-27(36-39-29(26)25(20)10-8-24-18-34-28-6-5-11-35-38(24)28)17-21-14-22(16-23(15-21)30(31,32)33)19-37-12-3-2-4-13-37/h5-7,9,11,14-16,18H,2-4,12-13,17,19H2,1H3. The maximum atomic E-state index is 13.8. The molecule has 6 nitrogen and oxygen atoms in total. The zero-order chi connectivity index (χ0) is 27.0. The summed E-state index contributed by atoms with van der Waals surface area (Å²) in [6.45, 7) is 4.26. The highest BCUT2D eigenvalue weighted by Crippen LogP contribution is 2.33. The van der Waals surface area contributed by atoms with E-state index < -0.39 is 11.7 Å². The monoisotopic (exact) mass is 529 g/mol. The number of aromatic nitrogens is 4. The zero-order valence-electron chi connectivity index (χ0n) is 21.4. The molecule has 0 bridgehead atoms. The van der Waals surface area contributed by atoms with Crippen molar-refractivity contribution in [1.82, 2.24) is 24.7 Å². The van der Waals surface area contributed by atoms with Gasteiger partial charge in [-0.05, 0) is 85.8 Å². The second-order valence-electron chi connectivity index (χ2n) is 10.0. The van der Waals surface area contributed by atoms with E-state index in [0.717, 1.165) is 36.9 Å². The van der Waals surface area contributed by atoms with Crippen molar-refractivity contribution in [3.8, 4) is 11.8 Å². The summed E-state index contributed by atoms with van der Waals surface area (Å²) < 4.78 is 48.7. The normalized spacial score (nSPS) is 14.6. The summed E-state index contributed by atoms with van der Waals surface area (Å²) in [5.41, 5.74) is 4.58. The van der Waals surface area contributed by atoms with Gasteiger partial charge in [0.1, 0.15) is 5.69 Å². The summed E-state index contributed by atoms with van der Waals surface area (Å²) in [6.07, 6.45) is 2.45. The van der Waals surface area contributed by atoms with Gasteiger partial charge in [-0.25, -0.2) is 9.50 Å². The molecule has 2 aromatic carbocycles. The van der Waals surface area contributed by atoms with Gasteiger partial charge in [-0.15, -0.1) is 0 Å². The largest absolute Gasteiger partial charge is 0.416 e. The lowest BCUT2D eigenvalue weighted by Crippen LogP contribution is -2.29. The van der Waals surface area contributed by atoms with Gasteiger partial charge in [-0.2, -0.15) is 18.3 Å². The summed E-state index contributed by atoms with van der Waals surface area (Å²) in [7, 11) is 0. The maximum absolute atomic E-state index is 13.8. The van der Waals surface area contributed by atoms with Crippen LogP contribution in [-0.4, -0.2) is 37.7 Å². The molecule has 39 heavy (non-hydrogen) atoms. The van der Waals surface area contributed by atoms with Gasteiger partial charge in [0.05, 0.1) is 23.0 Å². The van der Waals surface area contributed by atoms with Crippen molar-refractivity contribution < 1.29 is 17.7 Å². The van der Waals surface area contributed by atoms with E-state index in [4.69, 9.17) is 4.52 Å². The Hall–Kier alpha value is -4.16. The fourth-order valence-electron chi connectivity index (χ4n) is 5.17. The van der Waals surface area contributed by atoms with Crippen LogP contribution >= 0.6 is 0 Å². The lowest BCUT2D eigenvalue weighted by atomic mass is 9.98. The van der Waals surface area contributed by atoms with Crippen molar-refractivity contribution in [3.05, 3.63) is 94.1 Å². The summed E-state index contributed by atoms with van der Waals surface area (Å²) in [5.74, 6) is 6.29. The number of nitrogens with zero attached hydrogens (tertiary/aromatic N) is 5. The van der Waals surface area contributed by atoms with E-state index >= 15 is 0 Å². The van der Waals surface area contributed by atoms with Gasteiger partial charge < -0.3 is 4.52 Å². The second-order valence-corrected chi connectivity index (χ2v) is 10.0. The van der Waals surface area contributed by atoms with Gasteiger partial charge in [0.15, 0.2) is 11.2 Å². The third-order valence-electron chi connectivity index (χ3n) is 7.12. The van der Waals surface area contributed by atoms with Crippen LogP contribution in [0.15, 0.2) is 59.4 Å². The number of aryl methyl sites for hydroxylation is 1. The minimum Gasteiger partial charge on any atom is -0.355 e. The number of imidazole rings is 1. The number of rotatable bonds is 4. The number of benzene rings is 2. The SMILES string of the molecule is Cc1ccc2c(Cc3cc(CN4CCCCC4)cc(C(F)(F)F)c3)noc2c1C#Cc1cnc2cccnn12. The van der Waals surface area contributed by atoms with E-state index in [0.29, 0.717) is 45.9 Å². The van der Waals surface area contributed by atoms with Crippen LogP contribution < -0.4 is 0 Å². The molecule has 0 aliphatic carbocycles. The van der Waals surface area contributed by atoms with Crippen LogP contribution in [0.1, 0.15) is 58.5 Å². The molecule has 0 N–H and O–H groups in total. The topological polar surface area (TPSA) is 59.5 Å². The van der Waals surface area contributed by atoms with Gasteiger partial charge in [0, 0.05) is 24.5 Å². The second kappa shape index (κ2) is 10.2. The first-order chi connectivity index (χ1) is 18.8. The van der Waals surface area contributed by atoms with Crippen molar-refractivity contribution in [1.29, 1.82) is 0 Å². The Morgan fingerprint density at radius 2 is 1.82 bits per heavy atom. The number of likely N-dealkylation sites (tertiary alicyclic amines) is 1. The fourth-order valence-corrected chi connectivity index (χ4v) is 5.17. The molecule has 1 saturated heterocycles. The van der Waals surface area contributed by atoms with E-state index in [9.17, 15) is 13.2 Å². The highest BCUT2D eigenvalue weighted by atomic mass is 19.4. The minimum absolute atomic E-state index is 0.219. The molecule has 198 valence electrons. The van der Waals surface area contributed by atoms with Gasteiger partial charge in [0.2, 0.25) is 0 Å². The molecule has 0 radical (unpaired) electrons. The van der Waals surface area contributed by atoms with Crippen LogP contribution in [0.4, 0.5) is 13.2 Å². The third-order valence-corrected chi connectivity index (χ3v) is 7.12. The van der Waals surface area contributed by atoms with Crippen molar-refractivity contribution in [2.45, 2.75) is 45.3 Å². The average Bonchev–Trinajstić information content (AvgIpc) is 3.52. The van der Waals surface area contributed by atoms with Gasteiger partial charge in [-0.3, -0.25) is 4.90 Å². The molecule has 6 rings (SSSR count). The highest BCUT2D eigenvalue weighted by Gasteiger charge is 2.31. The number of hydrogen-bond acceptors (Lipinski definition) is 5. The predicted octanol–water partition coefficient (Wildman–Crippen LogP) is 6.17. The molecular weight excluding hydrogens is 503 g/mol. The van der Waals surface area contributed by atoms with Gasteiger partial charge in [-0.1, -0.05) is 29.6 Å². The Balaban J connectivity index is 1.34. The Bertz CT molecular complexity index is 1720. The molecule has 0 amide bonds. The smallest absolute Gasteiger partial charge is 0.355 e. The molecule has 0 unspecified atom stereocenters. The quantitative estimate of drug-likeness (QED) is 0.261. The van der Waals surface area contributed by atoms with Crippen LogP contribution in [0.25, 0.3) is 16.6 Å². The Morgan fingerprint density at radius 3 is 2.64 bits per heavy atom. The van der Waals surface area contributed by atoms with Crippen molar-refractivity contribution >= 4 is 16.6 Å². The van der Waals surface area contributed by atoms with Crippen molar-refractivity contribution in [2.24, 2.45) is 0 Å². The number of fused-ring (bicyclic) bond motifs is 2. The van der Waals surface area contributed by atoms with E-state index in [1.807, 2.05) is 37.3 Å². The zero-order valence-corrected chi connectivity index (χ0v) is 21.4. The number of halogens is 3. The van der Waals surface area contributed by atoms with Crippen LogP contribution in [-0.2, 0) is 19.1 Å². The van der Waals surface area contributed by atoms with E-state index in [-0.39, 0.29) is 6.42 Å². The summed E-state index contributed by atoms with van der Waals surface area (Å²) in [5, 5.41) is 9.28. The number of alkyl halides is 3. The minimum atomic E-state index is -4.43. The molecule has 1 aliphatic rings. The number of hydrogen-bond donors (Lipinski definition) is 0.